The predicted octanol–water partition coefficient (Wildman–Crippen LogP) is 7.75. The van der Waals surface area contributed by atoms with Crippen molar-refractivity contribution in [2.24, 2.45) is 0 Å². The van der Waals surface area contributed by atoms with Gasteiger partial charge < -0.3 is 0 Å². The number of aryl methyl sites for hydroxylation is 2. The lowest BCUT2D eigenvalue weighted by Crippen LogP contribution is -1.87. The van der Waals surface area contributed by atoms with Crippen molar-refractivity contribution in [3.63, 3.8) is 0 Å². The third-order valence-electron chi connectivity index (χ3n) is 5.10. The Labute approximate surface area is 158 Å². The van der Waals surface area contributed by atoms with Crippen molar-refractivity contribution in [1.82, 2.24) is 0 Å². The van der Waals surface area contributed by atoms with Gasteiger partial charge >= 0.3 is 0 Å². The minimum Gasteiger partial charge on any atom is -0.0917 e. The van der Waals surface area contributed by atoms with Gasteiger partial charge in [0, 0.05) is 0 Å². The van der Waals surface area contributed by atoms with Crippen molar-refractivity contribution in [3.05, 3.63) is 83.9 Å². The van der Waals surface area contributed by atoms with Crippen molar-refractivity contribution in [2.75, 3.05) is 0 Å². The minimum atomic E-state index is 1.11. The molecule has 0 saturated carbocycles. The smallest absolute Gasteiger partial charge is 0.0178 e. The third kappa shape index (κ3) is 4.85. The molecule has 0 aliphatic heterocycles. The molecule has 0 bridgehead atoms. The Bertz CT molecular complexity index is 853. The standard InChI is InChI=1S/C26H30/c1-3-5-7-9-21-11-14-23(15-12-21)25-18-17-24-19-22(10-8-6-4-2)13-16-26(24)20-25/h3,5,11-20H,4,6-10H2,1-2H3/b5-3+. The molecule has 0 fully saturated rings. The summed E-state index contributed by atoms with van der Waals surface area (Å²) in [6, 6.07) is 22.8. The maximum absolute atomic E-state index is 2.36. The van der Waals surface area contributed by atoms with Gasteiger partial charge in [-0.2, -0.15) is 0 Å². The van der Waals surface area contributed by atoms with Crippen LogP contribution in [-0.2, 0) is 12.8 Å². The van der Waals surface area contributed by atoms with Crippen LogP contribution < -0.4 is 0 Å². The van der Waals surface area contributed by atoms with Gasteiger partial charge in [-0.25, -0.2) is 0 Å². The molecular weight excluding hydrogens is 312 g/mol. The quantitative estimate of drug-likeness (QED) is 0.290. The Morgan fingerprint density at radius 3 is 2.15 bits per heavy atom. The SMILES string of the molecule is C/C=C/CCc1ccc(-c2ccc3cc(CCCCC)ccc3c2)cc1. The second-order valence-corrected chi connectivity index (χ2v) is 7.16. The fraction of sp³-hybridized carbons (Fsp3) is 0.308. The van der Waals surface area contributed by atoms with E-state index >= 15 is 0 Å². The largest absolute Gasteiger partial charge is 0.0917 e. The highest BCUT2D eigenvalue weighted by atomic mass is 14.1. The van der Waals surface area contributed by atoms with Gasteiger partial charge in [0.05, 0.1) is 0 Å². The first-order valence-electron chi connectivity index (χ1n) is 10.0. The third-order valence-corrected chi connectivity index (χ3v) is 5.10. The first-order valence-corrected chi connectivity index (χ1v) is 10.0. The summed E-state index contributed by atoms with van der Waals surface area (Å²) >= 11 is 0. The summed E-state index contributed by atoms with van der Waals surface area (Å²) in [5.74, 6) is 0. The van der Waals surface area contributed by atoms with Crippen molar-refractivity contribution < 1.29 is 0 Å². The molecule has 0 spiro atoms. The molecule has 134 valence electrons. The van der Waals surface area contributed by atoms with Crippen LogP contribution in [0.3, 0.4) is 0 Å². The van der Waals surface area contributed by atoms with Crippen LogP contribution in [0.1, 0.15) is 50.7 Å². The molecule has 0 atom stereocenters. The minimum absolute atomic E-state index is 1.11. The monoisotopic (exact) mass is 342 g/mol. The summed E-state index contributed by atoms with van der Waals surface area (Å²) in [5.41, 5.74) is 5.47. The van der Waals surface area contributed by atoms with Crippen molar-refractivity contribution in [3.8, 4) is 11.1 Å². The van der Waals surface area contributed by atoms with Gasteiger partial charge in [0.15, 0.2) is 0 Å². The number of fused-ring (bicyclic) bond motifs is 1. The van der Waals surface area contributed by atoms with Crippen LogP contribution in [0.4, 0.5) is 0 Å². The van der Waals surface area contributed by atoms with Gasteiger partial charge in [-0.3, -0.25) is 0 Å². The lowest BCUT2D eigenvalue weighted by molar-refractivity contribution is 0.718. The number of hydrogen-bond acceptors (Lipinski definition) is 0. The molecule has 0 heteroatoms. The van der Waals surface area contributed by atoms with Crippen LogP contribution in [0.5, 0.6) is 0 Å². The number of hydrogen-bond donors (Lipinski definition) is 0. The Morgan fingerprint density at radius 2 is 1.38 bits per heavy atom. The number of rotatable bonds is 8. The second kappa shape index (κ2) is 9.38. The molecule has 0 aromatic heterocycles. The molecule has 26 heavy (non-hydrogen) atoms. The maximum Gasteiger partial charge on any atom is -0.0178 e. The number of benzene rings is 3. The summed E-state index contributed by atoms with van der Waals surface area (Å²) in [6.45, 7) is 4.34. The highest BCUT2D eigenvalue weighted by Gasteiger charge is 2.02. The van der Waals surface area contributed by atoms with Crippen LogP contribution in [-0.4, -0.2) is 0 Å². The Balaban J connectivity index is 1.75. The van der Waals surface area contributed by atoms with E-state index in [1.54, 1.807) is 0 Å². The lowest BCUT2D eigenvalue weighted by Gasteiger charge is -2.08. The molecule has 0 heterocycles. The average Bonchev–Trinajstić information content (AvgIpc) is 2.68. The maximum atomic E-state index is 2.36. The zero-order valence-electron chi connectivity index (χ0n) is 16.2. The molecule has 0 amide bonds. The summed E-state index contributed by atoms with van der Waals surface area (Å²) in [4.78, 5) is 0. The highest BCUT2D eigenvalue weighted by molar-refractivity contribution is 5.87. The zero-order valence-corrected chi connectivity index (χ0v) is 16.2. The first kappa shape index (κ1) is 18.5. The summed E-state index contributed by atoms with van der Waals surface area (Å²) in [6.07, 6.45) is 11.7. The average molecular weight is 343 g/mol. The topological polar surface area (TPSA) is 0 Å². The highest BCUT2D eigenvalue weighted by Crippen LogP contribution is 2.26. The van der Waals surface area contributed by atoms with Crippen molar-refractivity contribution in [1.29, 1.82) is 0 Å². The Morgan fingerprint density at radius 1 is 0.692 bits per heavy atom. The summed E-state index contributed by atoms with van der Waals surface area (Å²) in [5, 5.41) is 2.68. The first-order chi connectivity index (χ1) is 12.8. The van der Waals surface area contributed by atoms with Crippen LogP contribution >= 0.6 is 0 Å². The fourth-order valence-electron chi connectivity index (χ4n) is 3.49. The van der Waals surface area contributed by atoms with E-state index in [0.29, 0.717) is 0 Å². The molecule has 0 aliphatic carbocycles. The van der Waals surface area contributed by atoms with Gasteiger partial charge in [0.2, 0.25) is 0 Å². The van der Waals surface area contributed by atoms with E-state index in [2.05, 4.69) is 86.7 Å². The summed E-state index contributed by atoms with van der Waals surface area (Å²) < 4.78 is 0. The van der Waals surface area contributed by atoms with E-state index < -0.39 is 0 Å². The van der Waals surface area contributed by atoms with E-state index in [0.717, 1.165) is 12.8 Å². The van der Waals surface area contributed by atoms with Crippen molar-refractivity contribution in [2.45, 2.75) is 52.4 Å². The molecule has 0 N–H and O–H groups in total. The van der Waals surface area contributed by atoms with Gasteiger partial charge in [-0.1, -0.05) is 86.5 Å². The molecular formula is C26H30. The Kier molecular flexibility index (Phi) is 6.66. The Hall–Kier alpha value is -2.34. The van der Waals surface area contributed by atoms with Gasteiger partial charge in [0.1, 0.15) is 0 Å². The predicted molar refractivity (Wildman–Crippen MR) is 116 cm³/mol. The second-order valence-electron chi connectivity index (χ2n) is 7.16. The molecule has 0 saturated heterocycles. The van der Waals surface area contributed by atoms with Crippen LogP contribution in [0, 0.1) is 0 Å². The number of unbranched alkanes of at least 4 members (excludes halogenated alkanes) is 2. The summed E-state index contributed by atoms with van der Waals surface area (Å²) in [7, 11) is 0. The molecule has 3 aromatic carbocycles. The van der Waals surface area contributed by atoms with Crippen LogP contribution in [0.2, 0.25) is 0 Å². The van der Waals surface area contributed by atoms with E-state index in [-0.39, 0.29) is 0 Å². The van der Waals surface area contributed by atoms with Crippen LogP contribution in [0.25, 0.3) is 21.9 Å². The molecule has 3 rings (SSSR count). The van der Waals surface area contributed by atoms with Crippen molar-refractivity contribution >= 4 is 10.8 Å². The molecule has 3 aromatic rings. The molecule has 0 nitrogen and oxygen atoms in total. The zero-order chi connectivity index (χ0) is 18.2. The van der Waals surface area contributed by atoms with Gasteiger partial charge in [-0.15, -0.1) is 0 Å². The van der Waals surface area contributed by atoms with Gasteiger partial charge in [-0.05, 0) is 71.7 Å². The van der Waals surface area contributed by atoms with E-state index in [4.69, 9.17) is 0 Å². The molecule has 0 unspecified atom stereocenters. The van der Waals surface area contributed by atoms with E-state index in [9.17, 15) is 0 Å². The number of allylic oxidation sites excluding steroid dienone is 2. The normalized spacial score (nSPS) is 11.5. The van der Waals surface area contributed by atoms with Crippen LogP contribution in [0.15, 0.2) is 72.8 Å². The lowest BCUT2D eigenvalue weighted by atomic mass is 9.97. The van der Waals surface area contributed by atoms with Gasteiger partial charge in [0.25, 0.3) is 0 Å². The van der Waals surface area contributed by atoms with E-state index in [1.165, 1.54) is 58.7 Å². The van der Waals surface area contributed by atoms with E-state index in [1.807, 2.05) is 0 Å². The molecule has 0 aliphatic rings. The fourth-order valence-corrected chi connectivity index (χ4v) is 3.49. The molecule has 0 radical (unpaired) electrons.